The standard InChI is InChI=1S/C7H10N2OS/c1-5(2)3-7(10)6-4-11-9-8-6/h3-4,7,10H,1-2H3. The quantitative estimate of drug-likeness (QED) is 0.685. The summed E-state index contributed by atoms with van der Waals surface area (Å²) in [4.78, 5) is 0. The summed E-state index contributed by atoms with van der Waals surface area (Å²) in [6.45, 7) is 3.87. The number of nitrogens with zero attached hydrogens (tertiary/aromatic N) is 2. The van der Waals surface area contributed by atoms with Gasteiger partial charge in [-0.3, -0.25) is 0 Å². The van der Waals surface area contributed by atoms with E-state index in [-0.39, 0.29) is 0 Å². The average molecular weight is 170 g/mol. The monoisotopic (exact) mass is 170 g/mol. The van der Waals surface area contributed by atoms with Crippen LogP contribution in [0.1, 0.15) is 25.6 Å². The average Bonchev–Trinajstić information content (AvgIpc) is 2.35. The Morgan fingerprint density at radius 3 is 2.91 bits per heavy atom. The van der Waals surface area contributed by atoms with E-state index >= 15 is 0 Å². The Balaban J connectivity index is 2.71. The van der Waals surface area contributed by atoms with Gasteiger partial charge in [0.25, 0.3) is 0 Å². The van der Waals surface area contributed by atoms with Crippen molar-refractivity contribution in [3.05, 3.63) is 22.7 Å². The van der Waals surface area contributed by atoms with Crippen molar-refractivity contribution in [2.75, 3.05) is 0 Å². The Bertz CT molecular complexity index is 239. The fraction of sp³-hybridized carbons (Fsp3) is 0.429. The van der Waals surface area contributed by atoms with Crippen LogP contribution in [-0.4, -0.2) is 14.7 Å². The van der Waals surface area contributed by atoms with E-state index in [4.69, 9.17) is 0 Å². The maximum atomic E-state index is 9.41. The number of hydrogen-bond acceptors (Lipinski definition) is 4. The van der Waals surface area contributed by atoms with Crippen LogP contribution in [0.3, 0.4) is 0 Å². The van der Waals surface area contributed by atoms with Gasteiger partial charge in [-0.2, -0.15) is 0 Å². The SMILES string of the molecule is CC(C)=CC(O)c1csnn1. The van der Waals surface area contributed by atoms with Crippen LogP contribution in [0.25, 0.3) is 0 Å². The van der Waals surface area contributed by atoms with E-state index in [1.54, 1.807) is 11.5 Å². The molecule has 0 aliphatic carbocycles. The third kappa shape index (κ3) is 2.40. The highest BCUT2D eigenvalue weighted by atomic mass is 32.1. The summed E-state index contributed by atoms with van der Waals surface area (Å²) in [7, 11) is 0. The zero-order valence-electron chi connectivity index (χ0n) is 6.48. The molecule has 1 rings (SSSR count). The van der Waals surface area contributed by atoms with Gasteiger partial charge in [-0.05, 0) is 25.4 Å². The molecule has 1 unspecified atom stereocenters. The molecular weight excluding hydrogens is 160 g/mol. The molecule has 0 aliphatic heterocycles. The van der Waals surface area contributed by atoms with Gasteiger partial charge in [0.2, 0.25) is 0 Å². The van der Waals surface area contributed by atoms with Crippen LogP contribution in [0.15, 0.2) is 17.0 Å². The molecule has 1 heterocycles. The van der Waals surface area contributed by atoms with Gasteiger partial charge >= 0.3 is 0 Å². The van der Waals surface area contributed by atoms with Gasteiger partial charge in [-0.15, -0.1) is 5.10 Å². The summed E-state index contributed by atoms with van der Waals surface area (Å²) in [5.74, 6) is 0. The fourth-order valence-corrected chi connectivity index (χ4v) is 1.18. The number of allylic oxidation sites excluding steroid dienone is 1. The van der Waals surface area contributed by atoms with Crippen LogP contribution in [0.5, 0.6) is 0 Å². The summed E-state index contributed by atoms with van der Waals surface area (Å²) in [6, 6.07) is 0. The second kappa shape index (κ2) is 3.59. The van der Waals surface area contributed by atoms with Gasteiger partial charge in [0.15, 0.2) is 0 Å². The van der Waals surface area contributed by atoms with Gasteiger partial charge in [-0.1, -0.05) is 16.1 Å². The van der Waals surface area contributed by atoms with Crippen LogP contribution in [0.4, 0.5) is 0 Å². The maximum absolute atomic E-state index is 9.41. The van der Waals surface area contributed by atoms with E-state index in [1.807, 2.05) is 13.8 Å². The second-order valence-corrected chi connectivity index (χ2v) is 3.13. The molecule has 0 aliphatic rings. The van der Waals surface area contributed by atoms with Crippen LogP contribution in [-0.2, 0) is 0 Å². The molecule has 4 heteroatoms. The number of rotatable bonds is 2. The molecule has 0 bridgehead atoms. The molecule has 0 aromatic carbocycles. The van der Waals surface area contributed by atoms with Crippen LogP contribution < -0.4 is 0 Å². The molecule has 0 fully saturated rings. The van der Waals surface area contributed by atoms with Crippen molar-refractivity contribution < 1.29 is 5.11 Å². The number of aromatic nitrogens is 2. The first-order chi connectivity index (χ1) is 5.20. The molecule has 11 heavy (non-hydrogen) atoms. The van der Waals surface area contributed by atoms with Gasteiger partial charge in [-0.25, -0.2) is 0 Å². The minimum absolute atomic E-state index is 0.598. The summed E-state index contributed by atoms with van der Waals surface area (Å²) in [5, 5.41) is 14.9. The zero-order valence-corrected chi connectivity index (χ0v) is 7.30. The molecule has 1 aromatic heterocycles. The molecule has 1 atom stereocenters. The molecule has 0 spiro atoms. The lowest BCUT2D eigenvalue weighted by molar-refractivity contribution is 0.222. The van der Waals surface area contributed by atoms with Crippen LogP contribution >= 0.6 is 11.5 Å². The molecule has 1 N–H and O–H groups in total. The first kappa shape index (κ1) is 8.36. The lowest BCUT2D eigenvalue weighted by atomic mass is 10.2. The number of hydrogen-bond donors (Lipinski definition) is 1. The predicted octanol–water partition coefficient (Wildman–Crippen LogP) is 1.54. The van der Waals surface area contributed by atoms with Crippen molar-refractivity contribution in [2.24, 2.45) is 0 Å². The Hall–Kier alpha value is -0.740. The smallest absolute Gasteiger partial charge is 0.117 e. The van der Waals surface area contributed by atoms with Crippen LogP contribution in [0.2, 0.25) is 0 Å². The third-order valence-corrected chi connectivity index (χ3v) is 1.69. The largest absolute Gasteiger partial charge is 0.383 e. The van der Waals surface area contributed by atoms with E-state index in [2.05, 4.69) is 9.59 Å². The fourth-order valence-electron chi connectivity index (χ4n) is 0.702. The summed E-state index contributed by atoms with van der Waals surface area (Å²) >= 11 is 1.24. The Labute approximate surface area is 69.5 Å². The van der Waals surface area contributed by atoms with Gasteiger partial charge in [0, 0.05) is 5.38 Å². The molecule has 0 amide bonds. The van der Waals surface area contributed by atoms with Gasteiger partial charge < -0.3 is 5.11 Å². The van der Waals surface area contributed by atoms with E-state index in [9.17, 15) is 5.11 Å². The Morgan fingerprint density at radius 1 is 1.73 bits per heavy atom. The van der Waals surface area contributed by atoms with Crippen molar-refractivity contribution >= 4 is 11.5 Å². The highest BCUT2D eigenvalue weighted by Gasteiger charge is 2.05. The maximum Gasteiger partial charge on any atom is 0.117 e. The molecular formula is C7H10N2OS. The first-order valence-corrected chi connectivity index (χ1v) is 4.14. The topological polar surface area (TPSA) is 46.0 Å². The van der Waals surface area contributed by atoms with E-state index < -0.39 is 6.10 Å². The second-order valence-electron chi connectivity index (χ2n) is 2.52. The lowest BCUT2D eigenvalue weighted by Gasteiger charge is -1.99. The summed E-state index contributed by atoms with van der Waals surface area (Å²) in [5.41, 5.74) is 1.70. The lowest BCUT2D eigenvalue weighted by Crippen LogP contribution is -1.93. The predicted molar refractivity (Wildman–Crippen MR) is 44.3 cm³/mol. The van der Waals surface area contributed by atoms with E-state index in [1.165, 1.54) is 11.5 Å². The highest BCUT2D eigenvalue weighted by Crippen LogP contribution is 2.13. The van der Waals surface area contributed by atoms with Crippen LogP contribution in [0, 0.1) is 0 Å². The Morgan fingerprint density at radius 2 is 2.45 bits per heavy atom. The van der Waals surface area contributed by atoms with Crippen molar-refractivity contribution in [3.63, 3.8) is 0 Å². The van der Waals surface area contributed by atoms with Crippen molar-refractivity contribution in [1.82, 2.24) is 9.59 Å². The molecule has 0 saturated carbocycles. The Kier molecular flexibility index (Phi) is 2.73. The zero-order chi connectivity index (χ0) is 8.27. The van der Waals surface area contributed by atoms with Crippen molar-refractivity contribution in [1.29, 1.82) is 0 Å². The van der Waals surface area contributed by atoms with E-state index in [0.29, 0.717) is 5.69 Å². The number of aliphatic hydroxyl groups excluding tert-OH is 1. The van der Waals surface area contributed by atoms with Gasteiger partial charge in [0.1, 0.15) is 11.8 Å². The van der Waals surface area contributed by atoms with Gasteiger partial charge in [0.05, 0.1) is 0 Å². The molecule has 0 radical (unpaired) electrons. The normalized spacial score (nSPS) is 12.6. The number of aliphatic hydroxyl groups is 1. The summed E-state index contributed by atoms with van der Waals surface area (Å²) < 4.78 is 3.65. The molecule has 0 saturated heterocycles. The first-order valence-electron chi connectivity index (χ1n) is 3.30. The molecule has 1 aromatic rings. The van der Waals surface area contributed by atoms with Crippen molar-refractivity contribution in [2.45, 2.75) is 20.0 Å². The van der Waals surface area contributed by atoms with Crippen molar-refractivity contribution in [3.8, 4) is 0 Å². The third-order valence-electron chi connectivity index (χ3n) is 1.17. The minimum atomic E-state index is -0.598. The molecule has 3 nitrogen and oxygen atoms in total. The van der Waals surface area contributed by atoms with E-state index in [0.717, 1.165) is 5.57 Å². The minimum Gasteiger partial charge on any atom is -0.383 e. The highest BCUT2D eigenvalue weighted by molar-refractivity contribution is 7.03. The summed E-state index contributed by atoms with van der Waals surface area (Å²) in [6.07, 6.45) is 1.15. The molecule has 60 valence electrons.